The van der Waals surface area contributed by atoms with Crippen molar-refractivity contribution in [1.82, 2.24) is 5.32 Å². The van der Waals surface area contributed by atoms with Gasteiger partial charge in [0.15, 0.2) is 0 Å². The van der Waals surface area contributed by atoms with Gasteiger partial charge < -0.3 is 5.32 Å². The summed E-state index contributed by atoms with van der Waals surface area (Å²) in [7, 11) is 1.64. The Morgan fingerprint density at radius 3 is 2.27 bits per heavy atom. The highest BCUT2D eigenvalue weighted by Crippen LogP contribution is 2.18. The second-order valence-electron chi connectivity index (χ2n) is 7.92. The predicted molar refractivity (Wildman–Crippen MR) is 122 cm³/mol. The first-order valence-electron chi connectivity index (χ1n) is 10.4. The smallest absolute Gasteiger partial charge is 0.251 e. The second kappa shape index (κ2) is 10.0. The molecule has 0 unspecified atom stereocenters. The van der Waals surface area contributed by atoms with Crippen LogP contribution in [0.25, 0.3) is 0 Å². The summed E-state index contributed by atoms with van der Waals surface area (Å²) in [5.41, 5.74) is 7.71. The molecule has 0 radical (unpaired) electrons. The number of amides is 1. The zero-order chi connectivity index (χ0) is 21.5. The van der Waals surface area contributed by atoms with Gasteiger partial charge in [0.25, 0.3) is 5.91 Å². The van der Waals surface area contributed by atoms with Crippen molar-refractivity contribution in [2.75, 3.05) is 7.05 Å². The largest absolute Gasteiger partial charge is 0.355 e. The molecule has 0 aliphatic carbocycles. The van der Waals surface area contributed by atoms with Gasteiger partial charge in [-0.25, -0.2) is 0 Å². The van der Waals surface area contributed by atoms with E-state index in [0.29, 0.717) is 18.4 Å². The number of aryl methyl sites for hydroxylation is 3. The molecule has 0 spiro atoms. The van der Waals surface area contributed by atoms with Gasteiger partial charge in [0.2, 0.25) is 0 Å². The zero-order valence-electron chi connectivity index (χ0n) is 18.0. The second-order valence-corrected chi connectivity index (χ2v) is 7.92. The topological polar surface area (TPSA) is 46.2 Å². The number of Topliss-reactive ketones (excluding diaryl/α,β-unsaturated/α-hetero) is 1. The first-order chi connectivity index (χ1) is 14.4. The predicted octanol–water partition coefficient (Wildman–Crippen LogP) is 5.00. The lowest BCUT2D eigenvalue weighted by Crippen LogP contribution is -2.17. The van der Waals surface area contributed by atoms with Crippen LogP contribution in [0.15, 0.2) is 66.7 Å². The lowest BCUT2D eigenvalue weighted by molar-refractivity contribution is -0.118. The number of nitrogens with one attached hydrogen (secondary N) is 1. The number of ketones is 1. The molecular formula is C27H29NO2. The number of rotatable bonds is 8. The van der Waals surface area contributed by atoms with Gasteiger partial charge in [-0.15, -0.1) is 0 Å². The Labute approximate surface area is 179 Å². The molecule has 3 rings (SSSR count). The lowest BCUT2D eigenvalue weighted by atomic mass is 9.95. The van der Waals surface area contributed by atoms with Crippen molar-refractivity contribution in [3.63, 3.8) is 0 Å². The highest BCUT2D eigenvalue weighted by atomic mass is 16.1. The van der Waals surface area contributed by atoms with E-state index < -0.39 is 0 Å². The highest BCUT2D eigenvalue weighted by Gasteiger charge is 2.08. The molecule has 0 aliphatic rings. The summed E-state index contributed by atoms with van der Waals surface area (Å²) in [6.07, 6.45) is 2.60. The minimum absolute atomic E-state index is 0.0702. The minimum atomic E-state index is -0.0702. The fourth-order valence-electron chi connectivity index (χ4n) is 3.60. The van der Waals surface area contributed by atoms with Crippen molar-refractivity contribution >= 4 is 11.7 Å². The summed E-state index contributed by atoms with van der Waals surface area (Å²) < 4.78 is 0. The maximum atomic E-state index is 12.3. The van der Waals surface area contributed by atoms with Crippen LogP contribution in [0.4, 0.5) is 0 Å². The van der Waals surface area contributed by atoms with Crippen molar-refractivity contribution in [2.24, 2.45) is 0 Å². The molecule has 0 aliphatic heterocycles. The Kier molecular flexibility index (Phi) is 7.18. The van der Waals surface area contributed by atoms with Crippen LogP contribution in [0.5, 0.6) is 0 Å². The molecule has 3 heteroatoms. The molecule has 0 heterocycles. The Morgan fingerprint density at radius 1 is 0.833 bits per heavy atom. The summed E-state index contributed by atoms with van der Waals surface area (Å²) in [6.45, 7) is 4.16. The van der Waals surface area contributed by atoms with Crippen LogP contribution in [0.3, 0.4) is 0 Å². The molecule has 3 aromatic carbocycles. The number of hydrogen-bond acceptors (Lipinski definition) is 2. The first kappa shape index (κ1) is 21.5. The van der Waals surface area contributed by atoms with E-state index in [2.05, 4.69) is 49.5 Å². The van der Waals surface area contributed by atoms with Crippen LogP contribution in [0, 0.1) is 13.8 Å². The lowest BCUT2D eigenvalue weighted by Gasteiger charge is -2.10. The van der Waals surface area contributed by atoms with Gasteiger partial charge in [0.1, 0.15) is 5.78 Å². The molecule has 3 aromatic rings. The van der Waals surface area contributed by atoms with Crippen LogP contribution >= 0.6 is 0 Å². The molecule has 0 fully saturated rings. The van der Waals surface area contributed by atoms with E-state index in [0.717, 1.165) is 24.0 Å². The van der Waals surface area contributed by atoms with E-state index in [4.69, 9.17) is 0 Å². The van der Waals surface area contributed by atoms with Gasteiger partial charge in [-0.1, -0.05) is 60.2 Å². The molecule has 1 N–H and O–H groups in total. The van der Waals surface area contributed by atoms with Crippen molar-refractivity contribution in [2.45, 2.75) is 39.5 Å². The maximum Gasteiger partial charge on any atom is 0.251 e. The quantitative estimate of drug-likeness (QED) is 0.579. The van der Waals surface area contributed by atoms with Crippen LogP contribution in [-0.2, 0) is 24.1 Å². The van der Waals surface area contributed by atoms with Crippen molar-refractivity contribution < 1.29 is 9.59 Å². The molecule has 0 bridgehead atoms. The van der Waals surface area contributed by atoms with Gasteiger partial charge >= 0.3 is 0 Å². The van der Waals surface area contributed by atoms with Crippen LogP contribution in [0.1, 0.15) is 50.2 Å². The zero-order valence-corrected chi connectivity index (χ0v) is 18.0. The van der Waals surface area contributed by atoms with E-state index in [9.17, 15) is 9.59 Å². The third-order valence-corrected chi connectivity index (χ3v) is 5.43. The standard InChI is InChI=1S/C27H29NO2/c1-19-7-9-22(10-8-19)18-26(29)14-12-21-11-13-24(20(2)15-21)16-23-5-4-6-25(17-23)27(30)28-3/h4-11,13,15,17H,12,14,16,18H2,1-3H3,(H,28,30). The van der Waals surface area contributed by atoms with Gasteiger partial charge in [0, 0.05) is 25.5 Å². The fraction of sp³-hybridized carbons (Fsp3) is 0.259. The van der Waals surface area contributed by atoms with Gasteiger partial charge in [0.05, 0.1) is 0 Å². The van der Waals surface area contributed by atoms with E-state index in [1.54, 1.807) is 7.05 Å². The molecule has 1 amide bonds. The number of carbonyl (C=O) groups excluding carboxylic acids is 2. The molecule has 0 saturated carbocycles. The Balaban J connectivity index is 1.59. The molecule has 30 heavy (non-hydrogen) atoms. The summed E-state index contributed by atoms with van der Waals surface area (Å²) in [6, 6.07) is 22.3. The van der Waals surface area contributed by atoms with Crippen LogP contribution in [-0.4, -0.2) is 18.7 Å². The fourth-order valence-corrected chi connectivity index (χ4v) is 3.60. The normalized spacial score (nSPS) is 10.6. The Bertz CT molecular complexity index is 1030. The van der Waals surface area contributed by atoms with E-state index in [-0.39, 0.29) is 11.7 Å². The Morgan fingerprint density at radius 2 is 1.57 bits per heavy atom. The number of benzene rings is 3. The first-order valence-corrected chi connectivity index (χ1v) is 10.4. The maximum absolute atomic E-state index is 12.3. The van der Waals surface area contributed by atoms with E-state index >= 15 is 0 Å². The van der Waals surface area contributed by atoms with Gasteiger partial charge in [-0.05, 0) is 66.6 Å². The third-order valence-electron chi connectivity index (χ3n) is 5.43. The van der Waals surface area contributed by atoms with Gasteiger partial charge in [-0.3, -0.25) is 9.59 Å². The monoisotopic (exact) mass is 399 g/mol. The summed E-state index contributed by atoms with van der Waals surface area (Å²) in [5.74, 6) is 0.200. The summed E-state index contributed by atoms with van der Waals surface area (Å²) in [5, 5.41) is 2.67. The van der Waals surface area contributed by atoms with Gasteiger partial charge in [-0.2, -0.15) is 0 Å². The third kappa shape index (κ3) is 5.90. The molecular weight excluding hydrogens is 370 g/mol. The average Bonchev–Trinajstić information content (AvgIpc) is 2.75. The highest BCUT2D eigenvalue weighted by molar-refractivity contribution is 5.94. The van der Waals surface area contributed by atoms with E-state index in [1.807, 2.05) is 36.4 Å². The minimum Gasteiger partial charge on any atom is -0.355 e. The number of carbonyl (C=O) groups is 2. The molecule has 3 nitrogen and oxygen atoms in total. The van der Waals surface area contributed by atoms with Crippen molar-refractivity contribution in [3.05, 3.63) is 106 Å². The van der Waals surface area contributed by atoms with Crippen LogP contribution < -0.4 is 5.32 Å². The SMILES string of the molecule is CNC(=O)c1cccc(Cc2ccc(CCC(=O)Cc3ccc(C)cc3)cc2C)c1. The average molecular weight is 400 g/mol. The van der Waals surface area contributed by atoms with Crippen molar-refractivity contribution in [3.8, 4) is 0 Å². The molecule has 154 valence electrons. The van der Waals surface area contributed by atoms with Crippen LogP contribution in [0.2, 0.25) is 0 Å². The van der Waals surface area contributed by atoms with E-state index in [1.165, 1.54) is 22.3 Å². The molecule has 0 atom stereocenters. The molecule has 0 aromatic heterocycles. The summed E-state index contributed by atoms with van der Waals surface area (Å²) in [4.78, 5) is 24.2. The number of hydrogen-bond donors (Lipinski definition) is 1. The molecule has 0 saturated heterocycles. The summed E-state index contributed by atoms with van der Waals surface area (Å²) >= 11 is 0. The van der Waals surface area contributed by atoms with Crippen molar-refractivity contribution in [1.29, 1.82) is 0 Å². The Hall–Kier alpha value is -3.20.